The number of para-hydroxylation sites is 3. The number of pyridine rings is 1. The van der Waals surface area contributed by atoms with E-state index in [0.717, 1.165) is 77.4 Å². The Morgan fingerprint density at radius 1 is 0.367 bits per heavy atom. The van der Waals surface area contributed by atoms with Crippen LogP contribution in [0.5, 0.6) is 0 Å². The molecule has 0 saturated carbocycles. The second-order valence-corrected chi connectivity index (χ2v) is 12.3. The number of rotatable bonds is 3. The number of nitrogens with zero attached hydrogens (tertiary/aromatic N) is 6. The highest BCUT2D eigenvalue weighted by atomic mass is 15.1. The predicted octanol–water partition coefficient (Wildman–Crippen LogP) is 10.1. The van der Waals surface area contributed by atoms with Crippen molar-refractivity contribution in [2.24, 2.45) is 0 Å². The van der Waals surface area contributed by atoms with Crippen LogP contribution in [0.4, 0.5) is 0 Å². The predicted molar refractivity (Wildman–Crippen MR) is 197 cm³/mol. The second-order valence-electron chi connectivity index (χ2n) is 12.3. The maximum absolute atomic E-state index is 9.89. The summed E-state index contributed by atoms with van der Waals surface area (Å²) in [7, 11) is 0. The zero-order valence-corrected chi connectivity index (χ0v) is 26.0. The van der Waals surface area contributed by atoms with Crippen LogP contribution in [0.2, 0.25) is 0 Å². The van der Waals surface area contributed by atoms with Gasteiger partial charge >= 0.3 is 0 Å². The van der Waals surface area contributed by atoms with Gasteiger partial charge in [-0.15, -0.1) is 0 Å². The maximum atomic E-state index is 9.89. The van der Waals surface area contributed by atoms with Gasteiger partial charge in [-0.3, -0.25) is 9.13 Å². The summed E-state index contributed by atoms with van der Waals surface area (Å²) in [5, 5.41) is 26.0. The molecule has 6 nitrogen and oxygen atoms in total. The van der Waals surface area contributed by atoms with Gasteiger partial charge in [0, 0.05) is 38.0 Å². The van der Waals surface area contributed by atoms with Gasteiger partial charge in [-0.1, -0.05) is 60.7 Å². The van der Waals surface area contributed by atoms with E-state index in [4.69, 9.17) is 4.98 Å². The van der Waals surface area contributed by atoms with Crippen LogP contribution in [0.15, 0.2) is 146 Å². The summed E-state index contributed by atoms with van der Waals surface area (Å²) in [6.07, 6.45) is 0. The van der Waals surface area contributed by atoms with Gasteiger partial charge in [0.25, 0.3) is 0 Å². The number of nitriles is 2. The molecule has 0 fully saturated rings. The van der Waals surface area contributed by atoms with E-state index in [9.17, 15) is 10.5 Å². The van der Waals surface area contributed by atoms with Gasteiger partial charge in [0.05, 0.1) is 56.4 Å². The average molecular weight is 625 g/mol. The van der Waals surface area contributed by atoms with Crippen LogP contribution in [0.3, 0.4) is 0 Å². The molecule has 0 bridgehead atoms. The lowest BCUT2D eigenvalue weighted by Crippen LogP contribution is -2.03. The van der Waals surface area contributed by atoms with Crippen LogP contribution in [-0.4, -0.2) is 18.7 Å². The molecule has 4 heterocycles. The van der Waals surface area contributed by atoms with Crippen molar-refractivity contribution in [3.63, 3.8) is 0 Å². The lowest BCUT2D eigenvalue weighted by molar-refractivity contribution is 1.01. The molecule has 49 heavy (non-hydrogen) atoms. The first-order valence-electron chi connectivity index (χ1n) is 16.1. The summed E-state index contributed by atoms with van der Waals surface area (Å²) < 4.78 is 6.70. The van der Waals surface area contributed by atoms with Crippen LogP contribution in [-0.2, 0) is 0 Å². The summed E-state index contributed by atoms with van der Waals surface area (Å²) in [6, 6.07) is 54.2. The van der Waals surface area contributed by atoms with Crippen LogP contribution < -0.4 is 0 Å². The van der Waals surface area contributed by atoms with Crippen molar-refractivity contribution in [1.29, 1.82) is 10.5 Å². The van der Waals surface area contributed by atoms with Crippen molar-refractivity contribution in [1.82, 2.24) is 18.7 Å². The molecule has 0 radical (unpaired) electrons. The Morgan fingerprint density at radius 2 is 0.837 bits per heavy atom. The Kier molecular flexibility index (Phi) is 5.61. The molecule has 0 saturated heterocycles. The van der Waals surface area contributed by atoms with E-state index in [1.54, 1.807) is 0 Å². The quantitative estimate of drug-likeness (QED) is 0.196. The third-order valence-electron chi connectivity index (χ3n) is 9.68. The fourth-order valence-corrected chi connectivity index (χ4v) is 7.60. The van der Waals surface area contributed by atoms with Crippen LogP contribution in [0, 0.1) is 22.7 Å². The summed E-state index contributed by atoms with van der Waals surface area (Å²) in [6.45, 7) is 0. The molecule has 6 heteroatoms. The van der Waals surface area contributed by atoms with E-state index in [-0.39, 0.29) is 0 Å². The molecule has 0 aliphatic carbocycles. The van der Waals surface area contributed by atoms with Gasteiger partial charge in [0.15, 0.2) is 0 Å². The Bertz CT molecular complexity index is 3070. The highest BCUT2D eigenvalue weighted by molar-refractivity contribution is 6.19. The molecule has 0 aliphatic rings. The normalized spacial score (nSPS) is 11.6. The molecule has 0 aliphatic heterocycles. The highest BCUT2D eigenvalue weighted by Gasteiger charge is 2.20. The number of benzene rings is 6. The molecule has 10 aromatic rings. The molecule has 0 amide bonds. The number of aromatic nitrogens is 4. The molecule has 4 aromatic heterocycles. The molecule has 0 N–H and O–H groups in total. The van der Waals surface area contributed by atoms with Crippen molar-refractivity contribution >= 4 is 65.4 Å². The van der Waals surface area contributed by atoms with Gasteiger partial charge in [0.2, 0.25) is 0 Å². The van der Waals surface area contributed by atoms with E-state index >= 15 is 0 Å². The molecule has 0 unspecified atom stereocenters. The summed E-state index contributed by atoms with van der Waals surface area (Å²) in [5.74, 6) is 1.54. The van der Waals surface area contributed by atoms with Crippen molar-refractivity contribution in [3.8, 4) is 29.5 Å². The van der Waals surface area contributed by atoms with Crippen LogP contribution in [0.25, 0.3) is 82.7 Å². The summed E-state index contributed by atoms with van der Waals surface area (Å²) in [4.78, 5) is 5.34. The SMILES string of the molecule is N#Cc1ccc2c(c1)c1ccccc1n2-c1cccc(-n2c3ccc(C#N)cc3c3cc4c5ccccc5n(-c5ccccc5)c4cc32)n1. The van der Waals surface area contributed by atoms with Crippen molar-refractivity contribution in [2.45, 2.75) is 0 Å². The van der Waals surface area contributed by atoms with Gasteiger partial charge in [-0.25, -0.2) is 4.98 Å². The molecular formula is C43H24N6. The first-order chi connectivity index (χ1) is 24.2. The van der Waals surface area contributed by atoms with Crippen molar-refractivity contribution in [3.05, 3.63) is 157 Å². The average Bonchev–Trinajstić information content (AvgIpc) is 3.78. The summed E-state index contributed by atoms with van der Waals surface area (Å²) in [5.41, 5.74) is 8.54. The minimum atomic E-state index is 0.613. The van der Waals surface area contributed by atoms with Crippen molar-refractivity contribution in [2.75, 3.05) is 0 Å². The molecule has 6 aromatic carbocycles. The van der Waals surface area contributed by atoms with Crippen LogP contribution in [0.1, 0.15) is 11.1 Å². The minimum Gasteiger partial charge on any atom is -0.309 e. The lowest BCUT2D eigenvalue weighted by atomic mass is 10.1. The minimum absolute atomic E-state index is 0.613. The monoisotopic (exact) mass is 624 g/mol. The third kappa shape index (κ3) is 3.83. The zero-order chi connectivity index (χ0) is 32.6. The van der Waals surface area contributed by atoms with E-state index in [1.165, 1.54) is 5.39 Å². The lowest BCUT2D eigenvalue weighted by Gasteiger charge is -2.12. The molecule has 10 rings (SSSR count). The molecular weight excluding hydrogens is 601 g/mol. The Hall–Kier alpha value is -7.15. The zero-order valence-electron chi connectivity index (χ0n) is 26.0. The van der Waals surface area contributed by atoms with E-state index in [2.05, 4.69) is 98.6 Å². The molecule has 226 valence electrons. The Morgan fingerprint density at radius 3 is 1.47 bits per heavy atom. The highest BCUT2D eigenvalue weighted by Crippen LogP contribution is 2.40. The maximum Gasteiger partial charge on any atom is 0.140 e. The largest absolute Gasteiger partial charge is 0.309 e. The first-order valence-corrected chi connectivity index (χ1v) is 16.1. The van der Waals surface area contributed by atoms with Gasteiger partial charge in [-0.2, -0.15) is 10.5 Å². The fraction of sp³-hybridized carbons (Fsp3) is 0. The van der Waals surface area contributed by atoms with Gasteiger partial charge < -0.3 is 4.57 Å². The number of hydrogen-bond donors (Lipinski definition) is 0. The standard InChI is InChI=1S/C43H24N6/c44-25-27-17-19-38-32(21-27)30-11-5-7-14-37(30)48(38)42-15-8-16-43(46-42)49-39-20-18-28(26-45)22-33(39)35-23-34-31-12-4-6-13-36(31)47(40(34)24-41(35)49)29-9-2-1-3-10-29/h1-24H. The first kappa shape index (κ1) is 27.0. The Balaban J connectivity index is 1.30. The Labute approximate surface area is 280 Å². The summed E-state index contributed by atoms with van der Waals surface area (Å²) >= 11 is 0. The van der Waals surface area contributed by atoms with Gasteiger partial charge in [0.1, 0.15) is 11.6 Å². The second kappa shape index (κ2) is 10.2. The molecule has 0 spiro atoms. The van der Waals surface area contributed by atoms with E-state index in [0.29, 0.717) is 11.1 Å². The number of fused-ring (bicyclic) bond motifs is 9. The fourth-order valence-electron chi connectivity index (χ4n) is 7.60. The smallest absolute Gasteiger partial charge is 0.140 e. The van der Waals surface area contributed by atoms with Crippen molar-refractivity contribution < 1.29 is 0 Å². The molecule has 0 atom stereocenters. The van der Waals surface area contributed by atoms with Crippen LogP contribution >= 0.6 is 0 Å². The van der Waals surface area contributed by atoms with E-state index < -0.39 is 0 Å². The third-order valence-corrected chi connectivity index (χ3v) is 9.68. The number of hydrogen-bond acceptors (Lipinski definition) is 3. The van der Waals surface area contributed by atoms with E-state index in [1.807, 2.05) is 72.8 Å². The van der Waals surface area contributed by atoms with Gasteiger partial charge in [-0.05, 0) is 84.9 Å². The topological polar surface area (TPSA) is 75.3 Å².